The molecule has 2 fully saturated rings. The van der Waals surface area contributed by atoms with Crippen molar-refractivity contribution in [3.8, 4) is 0 Å². The Morgan fingerprint density at radius 3 is 2.31 bits per heavy atom. The minimum atomic E-state index is 0.539. The molecule has 2 rings (SSSR count). The maximum Gasteiger partial charge on any atom is 0.0604 e. The fourth-order valence-electron chi connectivity index (χ4n) is 3.36. The van der Waals surface area contributed by atoms with E-state index in [0.717, 1.165) is 30.5 Å². The van der Waals surface area contributed by atoms with Gasteiger partial charge < -0.3 is 10.1 Å². The van der Waals surface area contributed by atoms with Gasteiger partial charge in [0.25, 0.3) is 0 Å². The van der Waals surface area contributed by atoms with Crippen molar-refractivity contribution in [3.05, 3.63) is 0 Å². The van der Waals surface area contributed by atoms with E-state index in [4.69, 9.17) is 4.74 Å². The summed E-state index contributed by atoms with van der Waals surface area (Å²) in [6.45, 7) is 7.78. The highest BCUT2D eigenvalue weighted by atomic mass is 16.5. The lowest BCUT2D eigenvalue weighted by Gasteiger charge is -2.43. The second-order valence-corrected chi connectivity index (χ2v) is 5.82. The van der Waals surface area contributed by atoms with E-state index >= 15 is 0 Å². The summed E-state index contributed by atoms with van der Waals surface area (Å²) in [6, 6.07) is 1.48. The first-order valence-electron chi connectivity index (χ1n) is 7.08. The van der Waals surface area contributed by atoms with Crippen molar-refractivity contribution < 1.29 is 4.74 Å². The highest BCUT2D eigenvalue weighted by Crippen LogP contribution is 2.32. The minimum absolute atomic E-state index is 0.539. The van der Waals surface area contributed by atoms with Crippen molar-refractivity contribution in [1.82, 2.24) is 5.32 Å². The van der Waals surface area contributed by atoms with Crippen LogP contribution in [0.4, 0.5) is 0 Å². The van der Waals surface area contributed by atoms with Gasteiger partial charge in [0, 0.05) is 18.7 Å². The second-order valence-electron chi connectivity index (χ2n) is 5.82. The fourth-order valence-corrected chi connectivity index (χ4v) is 3.36. The number of hydrogen-bond donors (Lipinski definition) is 1. The predicted octanol–water partition coefficient (Wildman–Crippen LogP) is 2.97. The van der Waals surface area contributed by atoms with Gasteiger partial charge in [0.2, 0.25) is 0 Å². The number of hydrogen-bond acceptors (Lipinski definition) is 2. The lowest BCUT2D eigenvalue weighted by Crippen LogP contribution is -2.54. The molecule has 2 saturated carbocycles. The van der Waals surface area contributed by atoms with Gasteiger partial charge in [-0.3, -0.25) is 0 Å². The van der Waals surface area contributed by atoms with E-state index in [1.807, 2.05) is 0 Å². The molecule has 16 heavy (non-hydrogen) atoms. The monoisotopic (exact) mass is 225 g/mol. The Morgan fingerprint density at radius 2 is 1.75 bits per heavy atom. The largest absolute Gasteiger partial charge is 0.378 e. The molecule has 0 aromatic carbocycles. The molecular weight excluding hydrogens is 198 g/mol. The molecule has 94 valence electrons. The molecule has 2 atom stereocenters. The van der Waals surface area contributed by atoms with Gasteiger partial charge in [-0.2, -0.15) is 0 Å². The lowest BCUT2D eigenvalue weighted by atomic mass is 9.77. The number of nitrogens with one attached hydrogen (secondary N) is 1. The Bertz CT molecular complexity index is 203. The molecule has 0 saturated heterocycles. The zero-order valence-corrected chi connectivity index (χ0v) is 11.0. The van der Waals surface area contributed by atoms with Crippen molar-refractivity contribution in [3.63, 3.8) is 0 Å². The van der Waals surface area contributed by atoms with E-state index in [9.17, 15) is 0 Å². The third kappa shape index (κ3) is 2.78. The van der Waals surface area contributed by atoms with E-state index in [1.54, 1.807) is 0 Å². The van der Waals surface area contributed by atoms with Gasteiger partial charge in [0.1, 0.15) is 0 Å². The maximum atomic E-state index is 5.61. The topological polar surface area (TPSA) is 21.3 Å². The molecule has 2 aliphatic rings. The third-order valence-electron chi connectivity index (χ3n) is 4.47. The molecule has 0 amide bonds. The smallest absolute Gasteiger partial charge is 0.0604 e. The van der Waals surface area contributed by atoms with Gasteiger partial charge >= 0.3 is 0 Å². The first kappa shape index (κ1) is 12.4. The Labute approximate surface area is 100 Å². The van der Waals surface area contributed by atoms with Crippen molar-refractivity contribution in [2.75, 3.05) is 6.61 Å². The molecule has 2 heteroatoms. The summed E-state index contributed by atoms with van der Waals surface area (Å²) in [7, 11) is 0. The summed E-state index contributed by atoms with van der Waals surface area (Å²) < 4.78 is 5.61. The molecule has 0 aromatic rings. The van der Waals surface area contributed by atoms with Gasteiger partial charge in [-0.05, 0) is 44.4 Å². The highest BCUT2D eigenvalue weighted by molar-refractivity contribution is 4.92. The Hall–Kier alpha value is -0.0800. The van der Waals surface area contributed by atoms with Crippen LogP contribution in [0.1, 0.15) is 52.9 Å². The summed E-state index contributed by atoms with van der Waals surface area (Å²) in [5.41, 5.74) is 0. The summed E-state index contributed by atoms with van der Waals surface area (Å²) in [5.74, 6) is 1.71. The van der Waals surface area contributed by atoms with E-state index in [0.29, 0.717) is 6.10 Å². The SMILES string of the molecule is CCOC1CC(NC2C(C)CCCC2C)C1. The average molecular weight is 225 g/mol. The molecule has 2 nitrogen and oxygen atoms in total. The molecule has 1 N–H and O–H groups in total. The van der Waals surface area contributed by atoms with Crippen LogP contribution in [0.3, 0.4) is 0 Å². The quantitative estimate of drug-likeness (QED) is 0.794. The zero-order valence-electron chi connectivity index (χ0n) is 11.0. The number of ether oxygens (including phenoxy) is 1. The van der Waals surface area contributed by atoms with E-state index in [1.165, 1.54) is 32.1 Å². The first-order chi connectivity index (χ1) is 7.70. The van der Waals surface area contributed by atoms with Crippen LogP contribution < -0.4 is 5.32 Å². The zero-order chi connectivity index (χ0) is 11.5. The molecule has 0 spiro atoms. The Morgan fingerprint density at radius 1 is 1.12 bits per heavy atom. The minimum Gasteiger partial charge on any atom is -0.378 e. The summed E-state index contributed by atoms with van der Waals surface area (Å²) in [6.07, 6.45) is 7.23. The summed E-state index contributed by atoms with van der Waals surface area (Å²) in [5, 5.41) is 3.86. The normalized spacial score (nSPS) is 44.1. The van der Waals surface area contributed by atoms with Gasteiger partial charge in [-0.15, -0.1) is 0 Å². The van der Waals surface area contributed by atoms with E-state index < -0.39 is 0 Å². The first-order valence-corrected chi connectivity index (χ1v) is 7.08. The van der Waals surface area contributed by atoms with Crippen LogP contribution in [0.5, 0.6) is 0 Å². The summed E-state index contributed by atoms with van der Waals surface area (Å²) >= 11 is 0. The average Bonchev–Trinajstić information content (AvgIpc) is 2.19. The van der Waals surface area contributed by atoms with Gasteiger partial charge in [-0.25, -0.2) is 0 Å². The molecule has 0 aliphatic heterocycles. The van der Waals surface area contributed by atoms with Crippen LogP contribution in [0.15, 0.2) is 0 Å². The number of rotatable bonds is 4. The van der Waals surface area contributed by atoms with E-state index in [-0.39, 0.29) is 0 Å². The highest BCUT2D eigenvalue weighted by Gasteiger charge is 2.35. The van der Waals surface area contributed by atoms with Crippen LogP contribution in [-0.2, 0) is 4.74 Å². The van der Waals surface area contributed by atoms with Crippen molar-refractivity contribution in [1.29, 1.82) is 0 Å². The van der Waals surface area contributed by atoms with Gasteiger partial charge in [0.05, 0.1) is 6.10 Å². The molecule has 2 unspecified atom stereocenters. The maximum absolute atomic E-state index is 5.61. The Balaban J connectivity index is 1.73. The van der Waals surface area contributed by atoms with Crippen LogP contribution in [0, 0.1) is 11.8 Å². The van der Waals surface area contributed by atoms with Crippen LogP contribution in [-0.4, -0.2) is 24.8 Å². The molecule has 0 heterocycles. The molecule has 0 aromatic heterocycles. The van der Waals surface area contributed by atoms with Crippen LogP contribution >= 0.6 is 0 Å². The molecule has 0 radical (unpaired) electrons. The van der Waals surface area contributed by atoms with Crippen LogP contribution in [0.2, 0.25) is 0 Å². The Kier molecular flexibility index (Phi) is 4.26. The van der Waals surface area contributed by atoms with E-state index in [2.05, 4.69) is 26.1 Å². The third-order valence-corrected chi connectivity index (χ3v) is 4.47. The predicted molar refractivity (Wildman–Crippen MR) is 67.5 cm³/mol. The van der Waals surface area contributed by atoms with Crippen LogP contribution in [0.25, 0.3) is 0 Å². The van der Waals surface area contributed by atoms with Crippen molar-refractivity contribution in [2.24, 2.45) is 11.8 Å². The fraction of sp³-hybridized carbons (Fsp3) is 1.00. The molecule has 0 bridgehead atoms. The molecule has 2 aliphatic carbocycles. The van der Waals surface area contributed by atoms with Gasteiger partial charge in [0.15, 0.2) is 0 Å². The second kappa shape index (κ2) is 5.50. The van der Waals surface area contributed by atoms with Crippen molar-refractivity contribution >= 4 is 0 Å². The summed E-state index contributed by atoms with van der Waals surface area (Å²) in [4.78, 5) is 0. The van der Waals surface area contributed by atoms with Gasteiger partial charge in [-0.1, -0.05) is 20.3 Å². The standard InChI is InChI=1S/C14H27NO/c1-4-16-13-8-12(9-13)15-14-10(2)6-5-7-11(14)3/h10-15H,4-9H2,1-3H3. The lowest BCUT2D eigenvalue weighted by molar-refractivity contribution is -0.0175. The van der Waals surface area contributed by atoms with Crippen molar-refractivity contribution in [2.45, 2.75) is 71.1 Å². The molecular formula is C14H27NO.